The molecule has 2 heterocycles. The topological polar surface area (TPSA) is 40.6 Å². The Morgan fingerprint density at radius 3 is 1.79 bits per heavy atom. The van der Waals surface area contributed by atoms with Crippen LogP contribution in [-0.2, 0) is 10.0 Å². The van der Waals surface area contributed by atoms with Gasteiger partial charge in [-0.2, -0.15) is 4.31 Å². The molecule has 146 valence electrons. The molecule has 1 aliphatic heterocycles. The Morgan fingerprint density at radius 1 is 0.786 bits per heavy atom. The normalized spacial score (nSPS) is 16.5. The van der Waals surface area contributed by atoms with Crippen LogP contribution < -0.4 is 0 Å². The van der Waals surface area contributed by atoms with E-state index >= 15 is 0 Å². The van der Waals surface area contributed by atoms with Gasteiger partial charge in [0.15, 0.2) is 0 Å². The Morgan fingerprint density at radius 2 is 1.32 bits per heavy atom. The van der Waals surface area contributed by atoms with Gasteiger partial charge in [-0.25, -0.2) is 8.42 Å². The number of nitrogens with zero attached hydrogens (tertiary/aromatic N) is 2. The molecular formula is C22H24N2O2S2. The third kappa shape index (κ3) is 3.91. The first-order valence-corrected chi connectivity index (χ1v) is 11.7. The highest BCUT2D eigenvalue weighted by Gasteiger charge is 2.32. The molecule has 0 radical (unpaired) electrons. The standard InChI is InChI=1S/C22H24N2O2S2/c1-18-12-13-21(27-18)28(25,26)24-16-14-23(15-17-24)22(19-8-4-2-5-9-19)20-10-6-3-7-11-20/h2-13,22H,14-17H2,1H3. The fourth-order valence-electron chi connectivity index (χ4n) is 3.76. The largest absolute Gasteiger partial charge is 0.290 e. The Kier molecular flexibility index (Phi) is 5.64. The predicted octanol–water partition coefficient (Wildman–Crippen LogP) is 4.15. The summed E-state index contributed by atoms with van der Waals surface area (Å²) in [4.78, 5) is 3.40. The van der Waals surface area contributed by atoms with E-state index in [1.54, 1.807) is 10.4 Å². The van der Waals surface area contributed by atoms with E-state index in [0.717, 1.165) is 4.88 Å². The zero-order chi connectivity index (χ0) is 19.6. The summed E-state index contributed by atoms with van der Waals surface area (Å²) >= 11 is 1.35. The maximum atomic E-state index is 12.9. The molecule has 0 amide bonds. The Labute approximate surface area is 171 Å². The van der Waals surface area contributed by atoms with Crippen LogP contribution in [0.3, 0.4) is 0 Å². The summed E-state index contributed by atoms with van der Waals surface area (Å²) in [6.07, 6.45) is 0. The minimum absolute atomic E-state index is 0.135. The quantitative estimate of drug-likeness (QED) is 0.632. The molecule has 4 nitrogen and oxygen atoms in total. The second-order valence-corrected chi connectivity index (χ2v) is 10.5. The van der Waals surface area contributed by atoms with Gasteiger partial charge in [0.25, 0.3) is 10.0 Å². The highest BCUT2D eigenvalue weighted by molar-refractivity contribution is 7.91. The van der Waals surface area contributed by atoms with Gasteiger partial charge >= 0.3 is 0 Å². The summed E-state index contributed by atoms with van der Waals surface area (Å²) in [5.41, 5.74) is 2.47. The molecule has 0 aliphatic carbocycles. The lowest BCUT2D eigenvalue weighted by Crippen LogP contribution is -2.49. The lowest BCUT2D eigenvalue weighted by Gasteiger charge is -2.39. The molecule has 0 spiro atoms. The number of rotatable bonds is 5. The summed E-state index contributed by atoms with van der Waals surface area (Å²) in [5, 5.41) is 0. The van der Waals surface area contributed by atoms with Gasteiger partial charge in [-0.05, 0) is 30.2 Å². The van der Waals surface area contributed by atoms with Crippen LogP contribution in [0.15, 0.2) is 77.0 Å². The molecule has 1 fully saturated rings. The van der Waals surface area contributed by atoms with Gasteiger partial charge in [-0.1, -0.05) is 60.7 Å². The van der Waals surface area contributed by atoms with Gasteiger partial charge in [-0.15, -0.1) is 11.3 Å². The van der Waals surface area contributed by atoms with Gasteiger partial charge in [0.2, 0.25) is 0 Å². The molecule has 1 aromatic heterocycles. The predicted molar refractivity (Wildman–Crippen MR) is 114 cm³/mol. The fourth-order valence-corrected chi connectivity index (χ4v) is 6.62. The van der Waals surface area contributed by atoms with Crippen molar-refractivity contribution in [1.82, 2.24) is 9.21 Å². The highest BCUT2D eigenvalue weighted by atomic mass is 32.2. The minimum Gasteiger partial charge on any atom is -0.290 e. The Balaban J connectivity index is 1.55. The molecular weight excluding hydrogens is 388 g/mol. The lowest BCUT2D eigenvalue weighted by atomic mass is 9.96. The van der Waals surface area contributed by atoms with Gasteiger partial charge in [0.05, 0.1) is 6.04 Å². The van der Waals surface area contributed by atoms with E-state index in [9.17, 15) is 8.42 Å². The first-order valence-electron chi connectivity index (χ1n) is 9.46. The van der Waals surface area contributed by atoms with Gasteiger partial charge in [0, 0.05) is 31.1 Å². The van der Waals surface area contributed by atoms with Crippen molar-refractivity contribution in [1.29, 1.82) is 0 Å². The number of thiophene rings is 1. The van der Waals surface area contributed by atoms with E-state index in [2.05, 4.69) is 53.4 Å². The summed E-state index contributed by atoms with van der Waals surface area (Å²) in [5.74, 6) is 0. The van der Waals surface area contributed by atoms with Crippen molar-refractivity contribution in [2.75, 3.05) is 26.2 Å². The second kappa shape index (κ2) is 8.17. The highest BCUT2D eigenvalue weighted by Crippen LogP contribution is 2.31. The molecule has 6 heteroatoms. The number of piperazine rings is 1. The van der Waals surface area contributed by atoms with Crippen molar-refractivity contribution in [3.05, 3.63) is 88.8 Å². The van der Waals surface area contributed by atoms with Crippen LogP contribution >= 0.6 is 11.3 Å². The number of sulfonamides is 1. The summed E-state index contributed by atoms with van der Waals surface area (Å²) in [6, 6.07) is 24.6. The van der Waals surface area contributed by atoms with Gasteiger partial charge in [-0.3, -0.25) is 4.90 Å². The molecule has 2 aromatic carbocycles. The Bertz CT molecular complexity index is 969. The fraction of sp³-hybridized carbons (Fsp3) is 0.273. The minimum atomic E-state index is -3.39. The van der Waals surface area contributed by atoms with Crippen molar-refractivity contribution < 1.29 is 8.42 Å². The van der Waals surface area contributed by atoms with Crippen molar-refractivity contribution in [2.24, 2.45) is 0 Å². The molecule has 4 rings (SSSR count). The Hall–Kier alpha value is -1.99. The number of hydrogen-bond acceptors (Lipinski definition) is 4. The zero-order valence-corrected chi connectivity index (χ0v) is 17.5. The maximum absolute atomic E-state index is 12.9. The van der Waals surface area contributed by atoms with Crippen LogP contribution in [0.25, 0.3) is 0 Å². The van der Waals surface area contributed by atoms with Crippen molar-refractivity contribution in [3.63, 3.8) is 0 Å². The van der Waals surface area contributed by atoms with Crippen LogP contribution in [0, 0.1) is 6.92 Å². The molecule has 0 bridgehead atoms. The molecule has 28 heavy (non-hydrogen) atoms. The first kappa shape index (κ1) is 19.3. The molecule has 3 aromatic rings. The monoisotopic (exact) mass is 412 g/mol. The van der Waals surface area contributed by atoms with E-state index in [1.165, 1.54) is 22.5 Å². The third-order valence-electron chi connectivity index (χ3n) is 5.18. The summed E-state index contributed by atoms with van der Waals surface area (Å²) in [7, 11) is -3.39. The maximum Gasteiger partial charge on any atom is 0.252 e. The van der Waals surface area contributed by atoms with Crippen LogP contribution in [-0.4, -0.2) is 43.8 Å². The van der Waals surface area contributed by atoms with Crippen molar-refractivity contribution in [2.45, 2.75) is 17.2 Å². The van der Waals surface area contributed by atoms with Crippen LogP contribution in [0.1, 0.15) is 22.0 Å². The number of aryl methyl sites for hydroxylation is 1. The molecule has 1 aliphatic rings. The third-order valence-corrected chi connectivity index (χ3v) is 8.55. The molecule has 0 saturated carbocycles. The first-order chi connectivity index (χ1) is 13.6. The van der Waals surface area contributed by atoms with E-state index in [0.29, 0.717) is 30.4 Å². The van der Waals surface area contributed by atoms with Crippen LogP contribution in [0.4, 0.5) is 0 Å². The van der Waals surface area contributed by atoms with Crippen LogP contribution in [0.5, 0.6) is 0 Å². The molecule has 0 atom stereocenters. The smallest absolute Gasteiger partial charge is 0.252 e. The zero-order valence-electron chi connectivity index (χ0n) is 15.9. The molecule has 0 N–H and O–H groups in total. The van der Waals surface area contributed by atoms with E-state index < -0.39 is 10.0 Å². The van der Waals surface area contributed by atoms with E-state index in [1.807, 2.05) is 25.1 Å². The summed E-state index contributed by atoms with van der Waals surface area (Å²) < 4.78 is 27.9. The molecule has 0 unspecified atom stereocenters. The van der Waals surface area contributed by atoms with Crippen molar-refractivity contribution in [3.8, 4) is 0 Å². The van der Waals surface area contributed by atoms with E-state index in [-0.39, 0.29) is 6.04 Å². The number of hydrogen-bond donors (Lipinski definition) is 0. The molecule has 1 saturated heterocycles. The van der Waals surface area contributed by atoms with Gasteiger partial charge < -0.3 is 0 Å². The number of benzene rings is 2. The lowest BCUT2D eigenvalue weighted by molar-refractivity contribution is 0.156. The summed E-state index contributed by atoms with van der Waals surface area (Å²) in [6.45, 7) is 4.37. The SMILES string of the molecule is Cc1ccc(S(=O)(=O)N2CCN(C(c3ccccc3)c3ccccc3)CC2)s1. The average molecular weight is 413 g/mol. The van der Waals surface area contributed by atoms with Gasteiger partial charge in [0.1, 0.15) is 4.21 Å². The average Bonchev–Trinajstić information content (AvgIpc) is 3.18. The second-order valence-electron chi connectivity index (χ2n) is 7.03. The van der Waals surface area contributed by atoms with Crippen molar-refractivity contribution >= 4 is 21.4 Å². The van der Waals surface area contributed by atoms with Crippen LogP contribution in [0.2, 0.25) is 0 Å². The van der Waals surface area contributed by atoms with E-state index in [4.69, 9.17) is 0 Å².